The number of aromatic nitrogens is 3. The fraction of sp³-hybridized carbons (Fsp3) is 0.136. The Balaban J connectivity index is 1.67. The zero-order chi connectivity index (χ0) is 20.2. The second-order valence-electron chi connectivity index (χ2n) is 6.84. The molecule has 7 heteroatoms. The molecule has 7 nitrogen and oxygen atoms in total. The molecule has 0 radical (unpaired) electrons. The molecule has 0 atom stereocenters. The van der Waals surface area contributed by atoms with E-state index >= 15 is 0 Å². The second kappa shape index (κ2) is 8.02. The Morgan fingerprint density at radius 2 is 1.59 bits per heavy atom. The quantitative estimate of drug-likeness (QED) is 0.483. The molecule has 0 fully saturated rings. The lowest BCUT2D eigenvalue weighted by Gasteiger charge is -2.14. The number of aryl methyl sites for hydroxylation is 1. The Bertz CT molecular complexity index is 1090. The molecule has 146 valence electrons. The van der Waals surface area contributed by atoms with Crippen LogP contribution in [0, 0.1) is 6.92 Å². The number of hydrogen-bond donors (Lipinski definition) is 2. The summed E-state index contributed by atoms with van der Waals surface area (Å²) >= 11 is 0. The van der Waals surface area contributed by atoms with Gasteiger partial charge in [-0.1, -0.05) is 35.5 Å². The Labute approximate surface area is 169 Å². The third-order valence-corrected chi connectivity index (χ3v) is 4.32. The van der Waals surface area contributed by atoms with Crippen LogP contribution >= 0.6 is 0 Å². The molecule has 0 aliphatic rings. The summed E-state index contributed by atoms with van der Waals surface area (Å²) in [5.41, 5.74) is 3.83. The molecule has 0 aliphatic heterocycles. The van der Waals surface area contributed by atoms with Gasteiger partial charge in [-0.25, -0.2) is 4.98 Å². The summed E-state index contributed by atoms with van der Waals surface area (Å²) in [5, 5.41) is 10.5. The predicted molar refractivity (Wildman–Crippen MR) is 116 cm³/mol. The van der Waals surface area contributed by atoms with Gasteiger partial charge in [0.2, 0.25) is 5.95 Å². The van der Waals surface area contributed by atoms with Gasteiger partial charge in [0.05, 0.1) is 5.69 Å². The molecule has 0 saturated heterocycles. The van der Waals surface area contributed by atoms with E-state index in [0.717, 1.165) is 28.4 Å². The number of benzene rings is 2. The predicted octanol–water partition coefficient (Wildman–Crippen LogP) is 4.99. The van der Waals surface area contributed by atoms with Crippen molar-refractivity contribution in [1.29, 1.82) is 0 Å². The van der Waals surface area contributed by atoms with Crippen LogP contribution < -0.4 is 15.5 Å². The van der Waals surface area contributed by atoms with E-state index in [0.29, 0.717) is 17.6 Å². The van der Waals surface area contributed by atoms with Gasteiger partial charge in [0.1, 0.15) is 11.6 Å². The molecule has 2 heterocycles. The minimum absolute atomic E-state index is 0.492. The summed E-state index contributed by atoms with van der Waals surface area (Å²) in [6.07, 6.45) is 0. The van der Waals surface area contributed by atoms with Gasteiger partial charge >= 0.3 is 0 Å². The number of rotatable bonds is 6. The molecule has 4 aromatic rings. The van der Waals surface area contributed by atoms with Crippen molar-refractivity contribution >= 4 is 29.0 Å². The standard InChI is InChI=1S/C22H22N6O/c1-15-13-21(27-29-15)25-20-14-19(16-7-5-4-6-8-16)24-22(26-20)23-17-9-11-18(12-10-17)28(2)3/h4-14H,1-3H3,(H2,23,24,25,26,27). The van der Waals surface area contributed by atoms with E-state index in [1.54, 1.807) is 0 Å². The largest absolute Gasteiger partial charge is 0.378 e. The van der Waals surface area contributed by atoms with E-state index < -0.39 is 0 Å². The number of anilines is 5. The van der Waals surface area contributed by atoms with Crippen LogP contribution in [0.15, 0.2) is 71.3 Å². The monoisotopic (exact) mass is 386 g/mol. The van der Waals surface area contributed by atoms with E-state index in [9.17, 15) is 0 Å². The molecule has 0 saturated carbocycles. The van der Waals surface area contributed by atoms with E-state index in [4.69, 9.17) is 4.52 Å². The van der Waals surface area contributed by atoms with Crippen LogP contribution in [0.3, 0.4) is 0 Å². The van der Waals surface area contributed by atoms with Crippen molar-refractivity contribution in [2.75, 3.05) is 29.6 Å². The fourth-order valence-corrected chi connectivity index (χ4v) is 2.85. The van der Waals surface area contributed by atoms with Crippen molar-refractivity contribution in [2.45, 2.75) is 6.92 Å². The lowest BCUT2D eigenvalue weighted by atomic mass is 10.1. The van der Waals surface area contributed by atoms with Gasteiger partial charge in [-0.2, -0.15) is 4.98 Å². The van der Waals surface area contributed by atoms with Gasteiger partial charge in [-0.3, -0.25) is 0 Å². The van der Waals surface area contributed by atoms with Gasteiger partial charge in [-0.05, 0) is 31.2 Å². The Kier molecular flexibility index (Phi) is 5.11. The fourth-order valence-electron chi connectivity index (χ4n) is 2.85. The first-order valence-corrected chi connectivity index (χ1v) is 9.26. The Hall–Kier alpha value is -3.87. The highest BCUT2D eigenvalue weighted by atomic mass is 16.5. The molecule has 0 amide bonds. The topological polar surface area (TPSA) is 79.1 Å². The maximum absolute atomic E-state index is 5.13. The smallest absolute Gasteiger partial charge is 0.229 e. The highest BCUT2D eigenvalue weighted by Crippen LogP contribution is 2.25. The first-order chi connectivity index (χ1) is 14.1. The molecule has 2 N–H and O–H groups in total. The van der Waals surface area contributed by atoms with Crippen molar-refractivity contribution in [3.63, 3.8) is 0 Å². The lowest BCUT2D eigenvalue weighted by Crippen LogP contribution is -2.08. The first kappa shape index (κ1) is 18.5. The maximum atomic E-state index is 5.13. The van der Waals surface area contributed by atoms with Gasteiger partial charge in [0.15, 0.2) is 5.82 Å². The summed E-state index contributed by atoms with van der Waals surface area (Å²) < 4.78 is 5.13. The maximum Gasteiger partial charge on any atom is 0.229 e. The van der Waals surface area contributed by atoms with Gasteiger partial charge in [0, 0.05) is 43.2 Å². The van der Waals surface area contributed by atoms with Crippen LogP contribution in [-0.4, -0.2) is 29.2 Å². The zero-order valence-electron chi connectivity index (χ0n) is 16.5. The Morgan fingerprint density at radius 1 is 0.828 bits per heavy atom. The second-order valence-corrected chi connectivity index (χ2v) is 6.84. The van der Waals surface area contributed by atoms with Crippen LogP contribution in [0.5, 0.6) is 0 Å². The zero-order valence-corrected chi connectivity index (χ0v) is 16.5. The van der Waals surface area contributed by atoms with Crippen LogP contribution in [0.1, 0.15) is 5.76 Å². The molecule has 29 heavy (non-hydrogen) atoms. The van der Waals surface area contributed by atoms with Gasteiger partial charge in [-0.15, -0.1) is 0 Å². The van der Waals surface area contributed by atoms with Gasteiger partial charge in [0.25, 0.3) is 0 Å². The average molecular weight is 386 g/mol. The van der Waals surface area contributed by atoms with Crippen LogP contribution in [0.4, 0.5) is 29.0 Å². The third-order valence-electron chi connectivity index (χ3n) is 4.32. The highest BCUT2D eigenvalue weighted by molar-refractivity contribution is 5.68. The molecular weight excluding hydrogens is 364 g/mol. The van der Waals surface area contributed by atoms with Crippen LogP contribution in [-0.2, 0) is 0 Å². The van der Waals surface area contributed by atoms with Crippen molar-refractivity contribution in [3.05, 3.63) is 72.5 Å². The van der Waals surface area contributed by atoms with Crippen molar-refractivity contribution < 1.29 is 4.52 Å². The summed E-state index contributed by atoms with van der Waals surface area (Å²) in [7, 11) is 4.02. The minimum Gasteiger partial charge on any atom is -0.378 e. The normalized spacial score (nSPS) is 10.6. The van der Waals surface area contributed by atoms with Crippen molar-refractivity contribution in [2.24, 2.45) is 0 Å². The summed E-state index contributed by atoms with van der Waals surface area (Å²) in [4.78, 5) is 11.3. The third kappa shape index (κ3) is 4.52. The average Bonchev–Trinajstić information content (AvgIpc) is 3.13. The molecular formula is C22H22N6O. The molecule has 2 aromatic carbocycles. The minimum atomic E-state index is 0.492. The highest BCUT2D eigenvalue weighted by Gasteiger charge is 2.09. The van der Waals surface area contributed by atoms with E-state index in [2.05, 4.69) is 30.7 Å². The Morgan fingerprint density at radius 3 is 2.24 bits per heavy atom. The number of nitrogens with one attached hydrogen (secondary N) is 2. The van der Waals surface area contributed by atoms with Crippen molar-refractivity contribution in [1.82, 2.24) is 15.1 Å². The van der Waals surface area contributed by atoms with E-state index in [1.165, 1.54) is 0 Å². The van der Waals surface area contributed by atoms with E-state index in [-0.39, 0.29) is 0 Å². The van der Waals surface area contributed by atoms with Crippen LogP contribution in [0.2, 0.25) is 0 Å². The summed E-state index contributed by atoms with van der Waals surface area (Å²) in [6.45, 7) is 1.85. The lowest BCUT2D eigenvalue weighted by molar-refractivity contribution is 0.400. The van der Waals surface area contributed by atoms with Crippen molar-refractivity contribution in [3.8, 4) is 11.3 Å². The molecule has 4 rings (SSSR count). The molecule has 0 unspecified atom stereocenters. The number of hydrogen-bond acceptors (Lipinski definition) is 7. The number of nitrogens with zero attached hydrogens (tertiary/aromatic N) is 4. The molecule has 0 bridgehead atoms. The van der Waals surface area contributed by atoms with Crippen LogP contribution in [0.25, 0.3) is 11.3 Å². The SMILES string of the molecule is Cc1cc(Nc2cc(-c3ccccc3)nc(Nc3ccc(N(C)C)cc3)n2)no1. The summed E-state index contributed by atoms with van der Waals surface area (Å²) in [6, 6.07) is 21.8. The molecule has 0 aliphatic carbocycles. The summed E-state index contributed by atoms with van der Waals surface area (Å²) in [5.74, 6) is 2.44. The van der Waals surface area contributed by atoms with E-state index in [1.807, 2.05) is 87.7 Å². The molecule has 2 aromatic heterocycles. The van der Waals surface area contributed by atoms with Gasteiger partial charge < -0.3 is 20.1 Å². The first-order valence-electron chi connectivity index (χ1n) is 9.26. The molecule has 0 spiro atoms.